The number of amides is 1. The predicted molar refractivity (Wildman–Crippen MR) is 23.8 cm³/mol. The molecule has 0 unspecified atom stereocenters. The first-order valence-electron chi connectivity index (χ1n) is 1.85. The second-order valence-corrected chi connectivity index (χ2v) is 1.07. The van der Waals surface area contributed by atoms with E-state index in [0.29, 0.717) is 12.8 Å². The number of primary amides is 1. The maximum atomic E-state index is 9.78. The molecule has 0 aromatic heterocycles. The number of rotatable bonds is 2. The van der Waals surface area contributed by atoms with Crippen molar-refractivity contribution in [2.24, 2.45) is 5.73 Å². The van der Waals surface area contributed by atoms with Gasteiger partial charge in [-0.05, 0) is 6.42 Å². The van der Waals surface area contributed by atoms with Crippen LogP contribution in [0.15, 0.2) is 0 Å². The first-order chi connectivity index (χ1) is 2.77. The number of nitrogens with two attached hydrogens (primary N) is 1. The van der Waals surface area contributed by atoms with Crippen molar-refractivity contribution in [3.8, 4) is 0 Å². The summed E-state index contributed by atoms with van der Waals surface area (Å²) in [5.41, 5.74) is 4.72. The Balaban J connectivity index is -0.000000125. The van der Waals surface area contributed by atoms with Gasteiger partial charge in [0.15, 0.2) is 0 Å². The van der Waals surface area contributed by atoms with Crippen molar-refractivity contribution < 1.29 is 41.3 Å². The number of halogens is 1. The third kappa shape index (κ3) is 16.0. The van der Waals surface area contributed by atoms with E-state index in [9.17, 15) is 4.79 Å². The fourth-order valence-electron chi connectivity index (χ4n) is 0.174. The molecule has 0 aromatic rings. The van der Waals surface area contributed by atoms with Crippen LogP contribution in [0.4, 0.5) is 0 Å². The monoisotopic (exact) mass is 229 g/mol. The summed E-state index contributed by atoms with van der Waals surface area (Å²) >= 11 is 0. The van der Waals surface area contributed by atoms with Crippen molar-refractivity contribution in [3.05, 3.63) is 6.92 Å². The molecule has 0 radical (unpaired) electrons. The maximum absolute atomic E-state index is 9.78. The summed E-state index contributed by atoms with van der Waals surface area (Å²) in [7, 11) is 0. The van der Waals surface area contributed by atoms with E-state index in [0.717, 1.165) is 0 Å². The van der Waals surface area contributed by atoms with E-state index >= 15 is 0 Å². The van der Waals surface area contributed by atoms with Gasteiger partial charge in [0.2, 0.25) is 5.91 Å². The molecule has 0 aliphatic rings. The zero-order chi connectivity index (χ0) is 4.99. The average Bonchev–Trinajstić information content (AvgIpc) is 1.35. The molecular formula is C4H8BrNOZn. The first-order valence-corrected chi connectivity index (χ1v) is 1.85. The first kappa shape index (κ1) is 15.8. The number of carbonyl (C=O) groups is 1. The Kier molecular flexibility index (Phi) is 20.8. The van der Waals surface area contributed by atoms with Crippen molar-refractivity contribution in [2.75, 3.05) is 0 Å². The molecule has 0 heterocycles. The molecule has 0 fully saturated rings. The molecule has 0 bridgehead atoms. The van der Waals surface area contributed by atoms with Crippen LogP contribution in [0.5, 0.6) is 0 Å². The van der Waals surface area contributed by atoms with Crippen molar-refractivity contribution in [1.29, 1.82) is 0 Å². The van der Waals surface area contributed by atoms with Crippen LogP contribution in [0.3, 0.4) is 0 Å². The van der Waals surface area contributed by atoms with Crippen molar-refractivity contribution >= 4 is 5.91 Å². The molecule has 0 spiro atoms. The van der Waals surface area contributed by atoms with Gasteiger partial charge in [0.05, 0.1) is 0 Å². The second-order valence-electron chi connectivity index (χ2n) is 1.07. The molecule has 0 aliphatic carbocycles. The van der Waals surface area contributed by atoms with Crippen LogP contribution in [-0.4, -0.2) is 5.91 Å². The zero-order valence-corrected chi connectivity index (χ0v) is 9.25. The fourth-order valence-corrected chi connectivity index (χ4v) is 0.174. The average molecular weight is 231 g/mol. The van der Waals surface area contributed by atoms with Gasteiger partial charge in [0, 0.05) is 0 Å². The number of carbonyl (C=O) groups excluding carboxylic acids is 1. The summed E-state index contributed by atoms with van der Waals surface area (Å²) in [6, 6.07) is 0. The van der Waals surface area contributed by atoms with Crippen LogP contribution >= 0.6 is 0 Å². The zero-order valence-electron chi connectivity index (χ0n) is 4.69. The molecule has 0 rings (SSSR count). The summed E-state index contributed by atoms with van der Waals surface area (Å²) in [5.74, 6) is -0.273. The maximum Gasteiger partial charge on any atom is 2.00 e. The normalized spacial score (nSPS) is 6.12. The van der Waals surface area contributed by atoms with Gasteiger partial charge in [-0.2, -0.15) is 6.42 Å². The van der Waals surface area contributed by atoms with Crippen LogP contribution < -0.4 is 22.7 Å². The number of hydrogen-bond acceptors (Lipinski definition) is 1. The number of hydrogen-bond donors (Lipinski definition) is 1. The summed E-state index contributed by atoms with van der Waals surface area (Å²) in [6.45, 7) is 3.42. The summed E-state index contributed by atoms with van der Waals surface area (Å²) in [5, 5.41) is 0. The van der Waals surface area contributed by atoms with Crippen LogP contribution in [0.2, 0.25) is 0 Å². The van der Waals surface area contributed by atoms with Gasteiger partial charge in [-0.15, -0.1) is 0 Å². The predicted octanol–water partition coefficient (Wildman–Crippen LogP) is -2.91. The molecular weight excluding hydrogens is 223 g/mol. The van der Waals surface area contributed by atoms with Crippen molar-refractivity contribution in [1.82, 2.24) is 0 Å². The Morgan fingerprint density at radius 2 is 2.00 bits per heavy atom. The van der Waals surface area contributed by atoms with E-state index in [1.54, 1.807) is 0 Å². The van der Waals surface area contributed by atoms with Gasteiger partial charge in [-0.25, -0.2) is 0 Å². The molecule has 8 heavy (non-hydrogen) atoms. The molecule has 0 saturated heterocycles. The Hall–Kier alpha value is 0.573. The van der Waals surface area contributed by atoms with Crippen LogP contribution in [0, 0.1) is 6.92 Å². The Bertz CT molecular complexity index is 60.0. The van der Waals surface area contributed by atoms with Gasteiger partial charge < -0.3 is 29.6 Å². The van der Waals surface area contributed by atoms with Gasteiger partial charge in [-0.1, -0.05) is 0 Å². The molecule has 0 aromatic carbocycles. The summed E-state index contributed by atoms with van der Waals surface area (Å²) in [6.07, 6.45) is 1.01. The standard InChI is InChI=1S/C4H8NO.BrH.Zn/c1-2-3-4(5)6;;/h1-3H2,(H2,5,6);1H;/q-1;;+2/p-1. The van der Waals surface area contributed by atoms with Gasteiger partial charge in [0.1, 0.15) is 0 Å². The minimum Gasteiger partial charge on any atom is -1.00 e. The van der Waals surface area contributed by atoms with E-state index in [1.807, 2.05) is 0 Å². The third-order valence-electron chi connectivity index (χ3n) is 0.423. The molecule has 1 amide bonds. The summed E-state index contributed by atoms with van der Waals surface area (Å²) in [4.78, 5) is 9.78. The topological polar surface area (TPSA) is 43.1 Å². The van der Waals surface area contributed by atoms with E-state index in [2.05, 4.69) is 6.92 Å². The van der Waals surface area contributed by atoms with E-state index in [4.69, 9.17) is 5.73 Å². The fraction of sp³-hybridized carbons (Fsp3) is 0.500. The van der Waals surface area contributed by atoms with E-state index < -0.39 is 0 Å². The van der Waals surface area contributed by atoms with Crippen LogP contribution in [-0.2, 0) is 24.3 Å². The third-order valence-corrected chi connectivity index (χ3v) is 0.423. The minimum atomic E-state index is -0.273. The SMILES string of the molecule is [Br-].[CH2-]CCC(N)=O.[Zn+2]. The molecule has 0 aliphatic heterocycles. The van der Waals surface area contributed by atoms with Gasteiger partial charge in [0.25, 0.3) is 0 Å². The largest absolute Gasteiger partial charge is 2.00 e. The van der Waals surface area contributed by atoms with Gasteiger partial charge >= 0.3 is 19.5 Å². The molecule has 44 valence electrons. The Labute approximate surface area is 72.7 Å². The molecule has 2 nitrogen and oxygen atoms in total. The Morgan fingerprint density at radius 3 is 2.00 bits per heavy atom. The van der Waals surface area contributed by atoms with Crippen LogP contribution in [0.25, 0.3) is 0 Å². The van der Waals surface area contributed by atoms with Gasteiger partial charge in [-0.3, -0.25) is 4.79 Å². The van der Waals surface area contributed by atoms with Crippen molar-refractivity contribution in [2.45, 2.75) is 12.8 Å². The molecule has 0 saturated carbocycles. The second kappa shape index (κ2) is 10.5. The quantitative estimate of drug-likeness (QED) is 0.402. The Morgan fingerprint density at radius 1 is 1.62 bits per heavy atom. The van der Waals surface area contributed by atoms with Crippen LogP contribution in [0.1, 0.15) is 12.8 Å². The molecule has 2 N–H and O–H groups in total. The van der Waals surface area contributed by atoms with E-state index in [-0.39, 0.29) is 42.4 Å². The molecule has 0 atom stereocenters. The van der Waals surface area contributed by atoms with Crippen molar-refractivity contribution in [3.63, 3.8) is 0 Å². The molecule has 4 heteroatoms. The minimum absolute atomic E-state index is 0. The van der Waals surface area contributed by atoms with E-state index in [1.165, 1.54) is 0 Å². The smallest absolute Gasteiger partial charge is 1.00 e. The summed E-state index contributed by atoms with van der Waals surface area (Å²) < 4.78 is 0.